The monoisotopic (exact) mass is 2210 g/mol. The van der Waals surface area contributed by atoms with Crippen molar-refractivity contribution < 1.29 is 76.6 Å². The zero-order chi connectivity index (χ0) is 115. The third kappa shape index (κ3) is 145. The summed E-state index contributed by atoms with van der Waals surface area (Å²) < 4.78 is 196. The lowest BCUT2D eigenvalue weighted by atomic mass is 9.67. The predicted octanol–water partition coefficient (Wildman–Crippen LogP) is 24.5. The molecule has 3 rings (SSSR count). The number of sulfonamides is 5. The Hall–Kier alpha value is -0.935. The van der Waals surface area contributed by atoms with Crippen LogP contribution in [0.2, 0.25) is 13.1 Å². The number of hydrogen-bond acceptors (Lipinski definition) is 18. The highest BCUT2D eigenvalue weighted by atomic mass is 32.2. The van der Waals surface area contributed by atoms with Gasteiger partial charge in [0.1, 0.15) is 19.7 Å². The van der Waals surface area contributed by atoms with Crippen molar-refractivity contribution in [1.29, 1.82) is 0 Å². The molecule has 0 bridgehead atoms. The lowest BCUT2D eigenvalue weighted by molar-refractivity contribution is 0.213. The molecule has 2 atom stereocenters. The molecule has 3 aliphatic carbocycles. The van der Waals surface area contributed by atoms with E-state index < -0.39 is 89.7 Å². The largest absolute Gasteiger partial charge is 0.451 e. The van der Waals surface area contributed by atoms with Crippen molar-refractivity contribution in [1.82, 2.24) is 26.2 Å². The zero-order valence-electron chi connectivity index (χ0n) is 101. The van der Waals surface area contributed by atoms with E-state index in [1.807, 2.05) is 69.1 Å². The zero-order valence-corrected chi connectivity index (χ0v) is 109. The van der Waals surface area contributed by atoms with Gasteiger partial charge in [-0.25, -0.2) is 77.3 Å². The van der Waals surface area contributed by atoms with Crippen LogP contribution < -0.4 is 15.0 Å². The lowest BCUT2D eigenvalue weighted by Crippen LogP contribution is -2.44. The van der Waals surface area contributed by atoms with Crippen LogP contribution >= 0.6 is 0 Å². The second-order valence-electron chi connectivity index (χ2n) is 48.6. The fourth-order valence-electron chi connectivity index (χ4n) is 13.6. The smallest absolute Gasteiger partial charge is 0.285 e. The van der Waals surface area contributed by atoms with Crippen LogP contribution in [-0.2, 0) is 89.7 Å². The van der Waals surface area contributed by atoms with E-state index in [1.54, 1.807) is 21.7 Å². The molecule has 0 aromatic carbocycles. The molecule has 6 N–H and O–H groups in total. The molecule has 0 heterocycles. The molecule has 0 aromatic heterocycles. The van der Waals surface area contributed by atoms with Gasteiger partial charge in [-0.2, -0.15) is 25.6 Å². The minimum atomic E-state index is -3.49. The van der Waals surface area contributed by atoms with Crippen molar-refractivity contribution in [3.63, 3.8) is 0 Å². The first-order valence-corrected chi connectivity index (χ1v) is 70.6. The van der Waals surface area contributed by atoms with Crippen molar-refractivity contribution in [3.05, 3.63) is 11.5 Å². The highest BCUT2D eigenvalue weighted by molar-refractivity contribution is 8.00. The number of rotatable bonds is 50. The molecule has 870 valence electrons. The average Bonchev–Trinajstić information content (AvgIpc) is 1.72. The Morgan fingerprint density at radius 3 is 1.00 bits per heavy atom. The first-order valence-electron chi connectivity index (χ1n) is 53.8. The molecule has 2 unspecified atom stereocenters. The van der Waals surface area contributed by atoms with Gasteiger partial charge in [0.25, 0.3) is 17.1 Å². The Labute approximate surface area is 889 Å². The summed E-state index contributed by atoms with van der Waals surface area (Å²) >= 11 is 0. The molecule has 0 saturated heterocycles. The van der Waals surface area contributed by atoms with Crippen molar-refractivity contribution in [2.75, 3.05) is 108 Å². The number of hydrogen-bond donors (Lipinski definition) is 4. The average molecular weight is 2220 g/mol. The highest BCUT2D eigenvalue weighted by Gasteiger charge is 2.38. The standard InChI is InChI=1S/C10H21NO2S.C8H20N2O2S.C8H17NO2S.2C8H19NO2S.C8H16.2C8H18.C7H17BO.2C7H16O2S.C7H16.C6H15NO2S.C6H13NOS/c1-9(2)7-8-11(14(3,12)13)10-5-4-6-10;1-4-6-10(13(9,11)12)7-5-8(2)3;1-7(2)6-9(8-4-5-8)12(3,10)11;1-7(2)6-9(8(3)4)12(5,10)11;1-8(2)6-5-7-9(3)12(4,10)11;1-7(2)6-8(3)4-5-8;1-7(2)6-8(3,4)5;1-5-8(4)6-7(2)3;1-7(2)5-4-6-8(3)9;2*1-7(2)5-4-6-10(3,8)9;1-6(2)5-7(3)4;1-6(2)4-5-7-10(3,8)9;1-6(2)4-5-9(3,7)8/h9-10H,4-8H2,1-3H3;8H,4-7H2,1-3H3,(H2,9,11,12);7-8H,4-6H2,1-3H3;7-8H,6H2,1-5H3;8H,5-7H2,1-4H3;7H,4-6H2,1-3H3;7H,6H2,1-5H3;7-8H,5-6H2,1-4H3;7,9H,4-6H2,1-3H3;2*7H,4-6H2,1-3H3;6-7H,5H2,1-4H3;6-7H,4-5H2,1-3H3;4-6H,3H2,1-2H3,(H2,7,8)/b;;;;;;;;;;;;;5-4+. The quantitative estimate of drug-likeness (QED) is 0.0325. The minimum Gasteiger partial charge on any atom is -0.451 e. The first-order chi connectivity index (χ1) is 63.4. The number of nitrogens with two attached hydrogens (primary N) is 2. The van der Waals surface area contributed by atoms with E-state index in [2.05, 4.69) is 218 Å². The van der Waals surface area contributed by atoms with Crippen molar-refractivity contribution >= 4 is 102 Å². The summed E-state index contributed by atoms with van der Waals surface area (Å²) in [4.78, 5) is 0. The molecule has 0 aromatic rings. The van der Waals surface area contributed by atoms with Crippen LogP contribution in [-0.4, -0.2) is 237 Å². The van der Waals surface area contributed by atoms with Gasteiger partial charge < -0.3 is 5.02 Å². The van der Waals surface area contributed by atoms with Crippen molar-refractivity contribution in [2.24, 2.45) is 116 Å². The van der Waals surface area contributed by atoms with E-state index >= 15 is 0 Å². The summed E-state index contributed by atoms with van der Waals surface area (Å²) in [6, 6.07) is 0.661. The summed E-state index contributed by atoms with van der Waals surface area (Å²) in [5, 5.41) is 20.5. The molecule has 3 saturated carbocycles. The minimum absolute atomic E-state index is 0.0578. The Morgan fingerprint density at radius 2 is 0.803 bits per heavy atom. The Kier molecular flexibility index (Phi) is 99.5. The van der Waals surface area contributed by atoms with Crippen LogP contribution in [0.3, 0.4) is 0 Å². The fraction of sp³-hybridized carbons (Fsp3) is 0.972. The van der Waals surface area contributed by atoms with Crippen LogP contribution in [0.5, 0.6) is 0 Å². The van der Waals surface area contributed by atoms with Gasteiger partial charge in [-0.05, 0) is 247 Å². The molecule has 142 heavy (non-hydrogen) atoms. The molecular formula is C106H241BN8O18S9. The van der Waals surface area contributed by atoms with Crippen LogP contribution in [0.1, 0.15) is 424 Å². The number of nitrogens with one attached hydrogen (secondary N) is 1. The van der Waals surface area contributed by atoms with Crippen molar-refractivity contribution in [3.8, 4) is 0 Å². The van der Waals surface area contributed by atoms with Crippen LogP contribution in [0.4, 0.5) is 0 Å². The third-order valence-corrected chi connectivity index (χ3v) is 31.1. The van der Waals surface area contributed by atoms with Gasteiger partial charge in [0.2, 0.25) is 50.1 Å². The van der Waals surface area contributed by atoms with Crippen LogP contribution in [0.15, 0.2) is 11.5 Å². The van der Waals surface area contributed by atoms with Gasteiger partial charge in [-0.15, -0.1) is 0 Å². The van der Waals surface area contributed by atoms with Crippen molar-refractivity contribution in [2.45, 2.75) is 455 Å². The number of nitrogens with zero attached hydrogens (tertiary/aromatic N) is 5. The molecule has 0 amide bonds. The van der Waals surface area contributed by atoms with Gasteiger partial charge in [-0.3, -0.25) is 5.14 Å². The van der Waals surface area contributed by atoms with Crippen LogP contribution in [0.25, 0.3) is 0 Å². The molecule has 36 heteroatoms. The lowest BCUT2D eigenvalue weighted by Gasteiger charge is -2.36. The molecule has 0 spiro atoms. The van der Waals surface area contributed by atoms with E-state index in [1.165, 1.54) is 120 Å². The topological polar surface area (TPSA) is 391 Å². The van der Waals surface area contributed by atoms with E-state index in [0.29, 0.717) is 128 Å². The summed E-state index contributed by atoms with van der Waals surface area (Å²) in [5.74, 6) is 14.7. The Morgan fingerprint density at radius 1 is 0.437 bits per heavy atom. The molecular weight excluding hydrogens is 1970 g/mol. The summed E-state index contributed by atoms with van der Waals surface area (Å²) in [7, 11) is -24.6. The molecule has 3 aliphatic rings. The molecule has 26 nitrogen and oxygen atoms in total. The van der Waals surface area contributed by atoms with E-state index in [-0.39, 0.29) is 13.0 Å². The van der Waals surface area contributed by atoms with Gasteiger partial charge in [0, 0.05) is 110 Å². The number of allylic oxidation sites excluding steroid dienone is 1. The van der Waals surface area contributed by atoms with Crippen LogP contribution in [0, 0.1) is 106 Å². The van der Waals surface area contributed by atoms with Gasteiger partial charge in [0.15, 0.2) is 0 Å². The normalized spacial score (nSPS) is 14.8. The Balaban J connectivity index is -0.000000145. The van der Waals surface area contributed by atoms with Gasteiger partial charge in [0.05, 0.1) is 31.3 Å². The first kappa shape index (κ1) is 164. The maximum absolute atomic E-state index is 11.5. The fourth-order valence-corrected chi connectivity index (χ4v) is 21.2. The molecule has 0 radical (unpaired) electrons. The van der Waals surface area contributed by atoms with E-state index in [9.17, 15) is 71.6 Å². The maximum atomic E-state index is 11.5. The van der Waals surface area contributed by atoms with Gasteiger partial charge >= 0.3 is 0 Å². The van der Waals surface area contributed by atoms with E-state index in [4.69, 9.17) is 15.3 Å². The second-order valence-corrected chi connectivity index (χ2v) is 66.2. The highest BCUT2D eigenvalue weighted by Crippen LogP contribution is 2.49. The van der Waals surface area contributed by atoms with E-state index in [0.717, 1.165) is 149 Å². The molecule has 0 aliphatic heterocycles. The summed E-state index contributed by atoms with van der Waals surface area (Å²) in [6.07, 6.45) is 38.3. The predicted molar refractivity (Wildman–Crippen MR) is 630 cm³/mol. The Bertz CT molecular complexity index is 3920. The summed E-state index contributed by atoms with van der Waals surface area (Å²) in [6.45, 7) is 90.0. The molecule has 3 fully saturated rings. The van der Waals surface area contributed by atoms with Gasteiger partial charge in [-0.1, -0.05) is 308 Å². The maximum Gasteiger partial charge on any atom is 0.285 e. The SMILES string of the molecule is C=S(N)(=O)/C=C/C(C)C.CB(O)CCCC(C)C.CC(C)CC(C)(C)C.CC(C)CC(C)C.CC(C)CC1(C)CC1.CC(C)CCCN(C)S(C)(=O)=O.CC(C)CCCS(C)(=O)=O.CC(C)CCCS(C)(=O)=O.CC(C)CCN(C1CCC1)S(C)(=O)=O.CC(C)CCNS(C)(=O)=O.CC(C)CN(C(C)C)S(C)(=O)=O.CC(C)CN(C1CC1)S(C)(=O)=O.CCC(C)CC(C)C.CCCN(CCC(C)C)S(N)(=O)=O. The third-order valence-electron chi connectivity index (χ3n) is 21.2. The summed E-state index contributed by atoms with van der Waals surface area (Å²) in [5.41, 5.74) is 1.29. The number of sulfone groups is 2. The second kappa shape index (κ2) is 86.4.